The number of pyridine rings is 1. The Kier molecular flexibility index (Phi) is 9.47. The summed E-state index contributed by atoms with van der Waals surface area (Å²) in [5.74, 6) is -0.492. The molecule has 1 fully saturated rings. The quantitative estimate of drug-likeness (QED) is 0.139. The van der Waals surface area contributed by atoms with Crippen LogP contribution in [-0.2, 0) is 9.59 Å². The Bertz CT molecular complexity index is 1390. The van der Waals surface area contributed by atoms with Crippen LogP contribution in [-0.4, -0.2) is 75.9 Å². The summed E-state index contributed by atoms with van der Waals surface area (Å²) >= 11 is 0. The monoisotopic (exact) mass is 548 g/mol. The van der Waals surface area contributed by atoms with Crippen LogP contribution in [0.15, 0.2) is 48.2 Å². The molecule has 1 saturated heterocycles. The first-order chi connectivity index (χ1) is 19.4. The number of ether oxygens (including phenoxy) is 2. The van der Waals surface area contributed by atoms with Crippen molar-refractivity contribution in [2.24, 2.45) is 0 Å². The lowest BCUT2D eigenvalue weighted by atomic mass is 9.96. The van der Waals surface area contributed by atoms with Crippen LogP contribution in [0.1, 0.15) is 63.0 Å². The van der Waals surface area contributed by atoms with E-state index in [0.717, 1.165) is 32.4 Å². The number of aryl methyl sites for hydroxylation is 1. The highest BCUT2D eigenvalue weighted by Crippen LogP contribution is 2.42. The molecule has 0 radical (unpaired) electrons. The van der Waals surface area contributed by atoms with Gasteiger partial charge in [0.25, 0.3) is 11.7 Å². The lowest BCUT2D eigenvalue weighted by molar-refractivity contribution is -0.140. The third kappa shape index (κ3) is 5.70. The van der Waals surface area contributed by atoms with Gasteiger partial charge in [0.1, 0.15) is 11.3 Å². The van der Waals surface area contributed by atoms with E-state index < -0.39 is 17.7 Å². The summed E-state index contributed by atoms with van der Waals surface area (Å²) < 4.78 is 13.4. The third-order valence-electron chi connectivity index (χ3n) is 7.53. The Morgan fingerprint density at radius 1 is 1.07 bits per heavy atom. The second kappa shape index (κ2) is 13.0. The van der Waals surface area contributed by atoms with Crippen LogP contribution in [0, 0.1) is 6.92 Å². The van der Waals surface area contributed by atoms with Crippen molar-refractivity contribution in [2.45, 2.75) is 53.0 Å². The lowest BCUT2D eigenvalue weighted by Crippen LogP contribution is -2.38. The van der Waals surface area contributed by atoms with Gasteiger partial charge in [0.15, 0.2) is 17.3 Å². The standard InChI is InChI=1S/C31H40N4O5/c1-6-9-12-19-40-23-15-14-22(20-24(23)39-5)28-26(30(37)31(38)35(28)18-17-33(7-2)8-3)29(36)27-21(4)32-25-13-10-11-16-34(25)27/h10-11,13-16,20,28,36H,6-9,12,17-19H2,1-5H3. The van der Waals surface area contributed by atoms with Crippen LogP contribution < -0.4 is 9.47 Å². The lowest BCUT2D eigenvalue weighted by Gasteiger charge is -2.28. The fourth-order valence-corrected chi connectivity index (χ4v) is 5.28. The Balaban J connectivity index is 1.82. The maximum absolute atomic E-state index is 13.6. The minimum Gasteiger partial charge on any atom is -0.505 e. The Labute approximate surface area is 236 Å². The number of amides is 1. The zero-order valence-electron chi connectivity index (χ0n) is 24.1. The SMILES string of the molecule is CCCCCOc1ccc(C2C(=C(O)c3c(C)nc4ccccn34)C(=O)C(=O)N2CCN(CC)CC)cc1OC. The Morgan fingerprint density at radius 2 is 1.85 bits per heavy atom. The molecule has 0 bridgehead atoms. The van der Waals surface area contributed by atoms with E-state index in [1.54, 1.807) is 35.6 Å². The topological polar surface area (TPSA) is 96.6 Å². The fourth-order valence-electron chi connectivity index (χ4n) is 5.28. The molecule has 9 heteroatoms. The number of nitrogens with zero attached hydrogens (tertiary/aromatic N) is 4. The first kappa shape index (κ1) is 29.1. The number of carbonyl (C=O) groups excluding carboxylic acids is 2. The van der Waals surface area contributed by atoms with Crippen LogP contribution in [0.25, 0.3) is 11.4 Å². The van der Waals surface area contributed by atoms with Gasteiger partial charge < -0.3 is 24.4 Å². The summed E-state index contributed by atoms with van der Waals surface area (Å²) in [5.41, 5.74) is 2.29. The highest BCUT2D eigenvalue weighted by atomic mass is 16.5. The summed E-state index contributed by atoms with van der Waals surface area (Å²) in [6, 6.07) is 10.2. The van der Waals surface area contributed by atoms with Gasteiger partial charge in [0, 0.05) is 19.3 Å². The molecule has 40 heavy (non-hydrogen) atoms. The third-order valence-corrected chi connectivity index (χ3v) is 7.53. The molecule has 1 aliphatic rings. The van der Waals surface area contributed by atoms with Crippen molar-refractivity contribution < 1.29 is 24.2 Å². The van der Waals surface area contributed by atoms with E-state index in [9.17, 15) is 14.7 Å². The number of aliphatic hydroxyl groups excluding tert-OH is 1. The number of methoxy groups -OCH3 is 1. The van der Waals surface area contributed by atoms with Crippen molar-refractivity contribution in [1.29, 1.82) is 0 Å². The largest absolute Gasteiger partial charge is 0.505 e. The number of hydrogen-bond donors (Lipinski definition) is 1. The predicted octanol–water partition coefficient (Wildman–Crippen LogP) is 4.98. The number of fused-ring (bicyclic) bond motifs is 1. The molecule has 1 aromatic carbocycles. The predicted molar refractivity (Wildman–Crippen MR) is 155 cm³/mol. The second-order valence-corrected chi connectivity index (χ2v) is 9.96. The molecule has 2 aromatic heterocycles. The van der Waals surface area contributed by atoms with Crippen molar-refractivity contribution in [3.8, 4) is 11.5 Å². The van der Waals surface area contributed by atoms with Crippen LogP contribution in [0.3, 0.4) is 0 Å². The minimum atomic E-state index is -0.799. The average Bonchev–Trinajstić information content (AvgIpc) is 3.43. The van der Waals surface area contributed by atoms with Gasteiger partial charge in [-0.3, -0.25) is 14.0 Å². The first-order valence-corrected chi connectivity index (χ1v) is 14.1. The molecule has 3 aromatic rings. The Hall–Kier alpha value is -3.85. The molecule has 0 spiro atoms. The van der Waals surface area contributed by atoms with E-state index in [1.165, 1.54) is 0 Å². The van der Waals surface area contributed by atoms with Gasteiger partial charge in [0.2, 0.25) is 0 Å². The number of imidazole rings is 1. The maximum Gasteiger partial charge on any atom is 0.295 e. The molecule has 4 rings (SSSR count). The molecular weight excluding hydrogens is 508 g/mol. The zero-order chi connectivity index (χ0) is 28.8. The number of rotatable bonds is 13. The number of hydrogen-bond acceptors (Lipinski definition) is 7. The number of likely N-dealkylation sites (N-methyl/N-ethyl adjacent to an activating group) is 1. The average molecular weight is 549 g/mol. The molecule has 9 nitrogen and oxygen atoms in total. The Morgan fingerprint density at radius 3 is 2.55 bits per heavy atom. The molecule has 1 aliphatic heterocycles. The smallest absolute Gasteiger partial charge is 0.295 e. The fraction of sp³-hybridized carbons (Fsp3) is 0.452. The molecule has 0 aliphatic carbocycles. The van der Waals surface area contributed by atoms with Crippen LogP contribution in [0.4, 0.5) is 0 Å². The van der Waals surface area contributed by atoms with E-state index in [1.807, 2.05) is 30.3 Å². The number of carbonyl (C=O) groups is 2. The van der Waals surface area contributed by atoms with Crippen LogP contribution >= 0.6 is 0 Å². The van der Waals surface area contributed by atoms with E-state index in [2.05, 4.69) is 30.7 Å². The molecule has 214 valence electrons. The molecule has 1 unspecified atom stereocenters. The number of aliphatic hydroxyl groups is 1. The number of benzene rings is 1. The number of likely N-dealkylation sites (tertiary alicyclic amines) is 1. The van der Waals surface area contributed by atoms with Crippen LogP contribution in [0.2, 0.25) is 0 Å². The zero-order valence-corrected chi connectivity index (χ0v) is 24.1. The molecule has 0 saturated carbocycles. The van der Waals surface area contributed by atoms with E-state index in [4.69, 9.17) is 9.47 Å². The van der Waals surface area contributed by atoms with E-state index >= 15 is 0 Å². The molecule has 1 N–H and O–H groups in total. The normalized spacial score (nSPS) is 16.9. The van der Waals surface area contributed by atoms with Gasteiger partial charge in [-0.2, -0.15) is 0 Å². The van der Waals surface area contributed by atoms with Gasteiger partial charge in [-0.15, -0.1) is 0 Å². The first-order valence-electron chi connectivity index (χ1n) is 14.1. The van der Waals surface area contributed by atoms with Crippen molar-refractivity contribution in [2.75, 3.05) is 39.9 Å². The number of Topliss-reactive ketones (excluding diaryl/α,β-unsaturated/α-hetero) is 1. The van der Waals surface area contributed by atoms with Gasteiger partial charge in [-0.05, 0) is 56.3 Å². The second-order valence-electron chi connectivity index (χ2n) is 9.96. The van der Waals surface area contributed by atoms with Crippen molar-refractivity contribution in [3.05, 3.63) is 65.1 Å². The minimum absolute atomic E-state index is 0.0389. The molecule has 3 heterocycles. The maximum atomic E-state index is 13.6. The van der Waals surface area contributed by atoms with Gasteiger partial charge in [-0.25, -0.2) is 4.98 Å². The van der Waals surface area contributed by atoms with Gasteiger partial charge >= 0.3 is 0 Å². The number of unbranched alkanes of at least 4 members (excludes halogenated alkanes) is 2. The van der Waals surface area contributed by atoms with Crippen molar-refractivity contribution in [1.82, 2.24) is 19.2 Å². The summed E-state index contributed by atoms with van der Waals surface area (Å²) in [4.78, 5) is 35.3. The van der Waals surface area contributed by atoms with E-state index in [-0.39, 0.29) is 11.3 Å². The molecule has 1 amide bonds. The number of ketones is 1. The number of aromatic nitrogens is 2. The van der Waals surface area contributed by atoms with E-state index in [0.29, 0.717) is 53.8 Å². The summed E-state index contributed by atoms with van der Waals surface area (Å²) in [6.45, 7) is 11.2. The summed E-state index contributed by atoms with van der Waals surface area (Å²) in [7, 11) is 1.57. The summed E-state index contributed by atoms with van der Waals surface area (Å²) in [5, 5.41) is 11.7. The highest BCUT2D eigenvalue weighted by molar-refractivity contribution is 6.46. The molecule has 1 atom stereocenters. The highest BCUT2D eigenvalue weighted by Gasteiger charge is 2.46. The van der Waals surface area contributed by atoms with Crippen molar-refractivity contribution >= 4 is 23.1 Å². The van der Waals surface area contributed by atoms with Gasteiger partial charge in [0.05, 0.1) is 31.0 Å². The summed E-state index contributed by atoms with van der Waals surface area (Å²) in [6.07, 6.45) is 4.89. The van der Waals surface area contributed by atoms with Gasteiger partial charge in [-0.1, -0.05) is 45.7 Å². The van der Waals surface area contributed by atoms with Crippen molar-refractivity contribution in [3.63, 3.8) is 0 Å². The van der Waals surface area contributed by atoms with Crippen LogP contribution in [0.5, 0.6) is 11.5 Å². The molecular formula is C31H40N4O5.